The van der Waals surface area contributed by atoms with Crippen molar-refractivity contribution in [1.29, 1.82) is 0 Å². The monoisotopic (exact) mass is 363 g/mol. The zero-order chi connectivity index (χ0) is 19.4. The number of ether oxygens (including phenoxy) is 2. The predicted octanol–water partition coefficient (Wildman–Crippen LogP) is 4.46. The van der Waals surface area contributed by atoms with E-state index in [-0.39, 0.29) is 11.7 Å². The van der Waals surface area contributed by atoms with Crippen LogP contribution in [0.1, 0.15) is 24.2 Å². The fourth-order valence-corrected chi connectivity index (χ4v) is 2.74. The highest BCUT2D eigenvalue weighted by molar-refractivity contribution is 5.97. The summed E-state index contributed by atoms with van der Waals surface area (Å²) in [6.07, 6.45) is -0.742. The SMILES string of the molecule is COc1cc(C(C)=O)ccc1OC(C)C(=O)Nc1ccc2ccccc2c1. The first kappa shape index (κ1) is 18.5. The molecule has 1 N–H and O–H groups in total. The van der Waals surface area contributed by atoms with Crippen LogP contribution in [-0.4, -0.2) is 24.9 Å². The lowest BCUT2D eigenvalue weighted by Crippen LogP contribution is -2.30. The summed E-state index contributed by atoms with van der Waals surface area (Å²) in [6.45, 7) is 3.14. The molecule has 0 fully saturated rings. The Balaban J connectivity index is 1.72. The maximum atomic E-state index is 12.5. The Morgan fingerprint density at radius 3 is 2.37 bits per heavy atom. The molecule has 1 amide bonds. The van der Waals surface area contributed by atoms with E-state index < -0.39 is 6.10 Å². The highest BCUT2D eigenvalue weighted by atomic mass is 16.5. The summed E-state index contributed by atoms with van der Waals surface area (Å²) in [5, 5.41) is 5.02. The lowest BCUT2D eigenvalue weighted by Gasteiger charge is -2.17. The van der Waals surface area contributed by atoms with Crippen LogP contribution in [0.3, 0.4) is 0 Å². The minimum Gasteiger partial charge on any atom is -0.493 e. The predicted molar refractivity (Wildman–Crippen MR) is 106 cm³/mol. The Bertz CT molecular complexity index is 997. The molecule has 0 aliphatic rings. The number of ketones is 1. The summed E-state index contributed by atoms with van der Waals surface area (Å²) >= 11 is 0. The Kier molecular flexibility index (Phi) is 5.41. The molecule has 5 heteroatoms. The smallest absolute Gasteiger partial charge is 0.265 e. The second-order valence-electron chi connectivity index (χ2n) is 6.23. The van der Waals surface area contributed by atoms with Crippen LogP contribution in [0.4, 0.5) is 5.69 Å². The minimum atomic E-state index is -0.742. The van der Waals surface area contributed by atoms with Crippen LogP contribution in [0.2, 0.25) is 0 Å². The second-order valence-corrected chi connectivity index (χ2v) is 6.23. The van der Waals surface area contributed by atoms with Crippen molar-refractivity contribution in [2.24, 2.45) is 0 Å². The topological polar surface area (TPSA) is 64.6 Å². The van der Waals surface area contributed by atoms with Crippen molar-refractivity contribution >= 4 is 28.2 Å². The van der Waals surface area contributed by atoms with E-state index in [2.05, 4.69) is 5.32 Å². The summed E-state index contributed by atoms with van der Waals surface area (Å²) in [4.78, 5) is 24.0. The Hall–Kier alpha value is -3.34. The van der Waals surface area contributed by atoms with Crippen LogP contribution in [0.25, 0.3) is 10.8 Å². The number of Topliss-reactive ketones (excluding diaryl/α,β-unsaturated/α-hetero) is 1. The molecule has 0 bridgehead atoms. The first-order chi connectivity index (χ1) is 13.0. The van der Waals surface area contributed by atoms with Gasteiger partial charge in [-0.1, -0.05) is 30.3 Å². The number of amides is 1. The van der Waals surface area contributed by atoms with Crippen LogP contribution in [0.5, 0.6) is 11.5 Å². The molecule has 27 heavy (non-hydrogen) atoms. The Morgan fingerprint density at radius 2 is 1.67 bits per heavy atom. The molecule has 0 saturated heterocycles. The molecule has 0 heterocycles. The molecule has 3 aromatic rings. The molecule has 0 saturated carbocycles. The number of hydrogen-bond donors (Lipinski definition) is 1. The van der Waals surface area contributed by atoms with Crippen LogP contribution >= 0.6 is 0 Å². The van der Waals surface area contributed by atoms with E-state index in [1.165, 1.54) is 14.0 Å². The number of fused-ring (bicyclic) bond motifs is 1. The standard InChI is InChI=1S/C22H21NO4/c1-14(24)17-9-11-20(21(13-17)26-3)27-15(2)22(25)23-19-10-8-16-6-4-5-7-18(16)12-19/h4-13,15H,1-3H3,(H,23,25). The van der Waals surface area contributed by atoms with E-state index in [1.807, 2.05) is 42.5 Å². The summed E-state index contributed by atoms with van der Waals surface area (Å²) in [5.74, 6) is 0.474. The van der Waals surface area contributed by atoms with Gasteiger partial charge in [-0.15, -0.1) is 0 Å². The summed E-state index contributed by atoms with van der Waals surface area (Å²) < 4.78 is 11.0. The van der Waals surface area contributed by atoms with Crippen molar-refractivity contribution in [1.82, 2.24) is 0 Å². The minimum absolute atomic E-state index is 0.0676. The molecule has 1 unspecified atom stereocenters. The molecule has 0 aliphatic heterocycles. The first-order valence-corrected chi connectivity index (χ1v) is 8.63. The van der Waals surface area contributed by atoms with Crippen LogP contribution in [-0.2, 0) is 4.79 Å². The van der Waals surface area contributed by atoms with E-state index in [0.29, 0.717) is 22.7 Å². The van der Waals surface area contributed by atoms with Crippen molar-refractivity contribution < 1.29 is 19.1 Å². The molecule has 3 aromatic carbocycles. The lowest BCUT2D eigenvalue weighted by atomic mass is 10.1. The van der Waals surface area contributed by atoms with Crippen molar-refractivity contribution in [3.8, 4) is 11.5 Å². The number of carbonyl (C=O) groups excluding carboxylic acids is 2. The third kappa shape index (κ3) is 4.26. The maximum absolute atomic E-state index is 12.5. The van der Waals surface area contributed by atoms with Gasteiger partial charge in [-0.2, -0.15) is 0 Å². The fraction of sp³-hybridized carbons (Fsp3) is 0.182. The van der Waals surface area contributed by atoms with Gasteiger partial charge in [0.25, 0.3) is 5.91 Å². The first-order valence-electron chi connectivity index (χ1n) is 8.63. The largest absolute Gasteiger partial charge is 0.493 e. The van der Waals surface area contributed by atoms with E-state index in [9.17, 15) is 9.59 Å². The summed E-state index contributed by atoms with van der Waals surface area (Å²) in [7, 11) is 1.49. The van der Waals surface area contributed by atoms with Gasteiger partial charge in [0.2, 0.25) is 0 Å². The van der Waals surface area contributed by atoms with Crippen molar-refractivity contribution in [3.63, 3.8) is 0 Å². The van der Waals surface area contributed by atoms with Crippen LogP contribution in [0, 0.1) is 0 Å². The van der Waals surface area contributed by atoms with Crippen molar-refractivity contribution in [2.45, 2.75) is 20.0 Å². The zero-order valence-electron chi connectivity index (χ0n) is 15.5. The van der Waals surface area contributed by atoms with Gasteiger partial charge < -0.3 is 14.8 Å². The van der Waals surface area contributed by atoms with Gasteiger partial charge in [0, 0.05) is 11.3 Å². The average molecular weight is 363 g/mol. The highest BCUT2D eigenvalue weighted by Crippen LogP contribution is 2.29. The molecule has 0 radical (unpaired) electrons. The average Bonchev–Trinajstić information content (AvgIpc) is 2.67. The number of anilines is 1. The van der Waals surface area contributed by atoms with Gasteiger partial charge in [-0.05, 0) is 55.0 Å². The summed E-state index contributed by atoms with van der Waals surface area (Å²) in [6, 6.07) is 18.6. The number of methoxy groups -OCH3 is 1. The third-order valence-corrected chi connectivity index (χ3v) is 4.26. The molecule has 5 nitrogen and oxygen atoms in total. The number of hydrogen-bond acceptors (Lipinski definition) is 4. The Labute approximate surface area is 157 Å². The highest BCUT2D eigenvalue weighted by Gasteiger charge is 2.18. The Morgan fingerprint density at radius 1 is 0.926 bits per heavy atom. The number of rotatable bonds is 6. The lowest BCUT2D eigenvalue weighted by molar-refractivity contribution is -0.122. The summed E-state index contributed by atoms with van der Waals surface area (Å²) in [5.41, 5.74) is 1.22. The normalized spacial score (nSPS) is 11.7. The van der Waals surface area contributed by atoms with Crippen molar-refractivity contribution in [3.05, 3.63) is 66.2 Å². The number of nitrogens with one attached hydrogen (secondary N) is 1. The molecule has 3 rings (SSSR count). The van der Waals surface area contributed by atoms with Crippen molar-refractivity contribution in [2.75, 3.05) is 12.4 Å². The molecule has 1 atom stereocenters. The number of carbonyl (C=O) groups is 2. The molecular formula is C22H21NO4. The second kappa shape index (κ2) is 7.91. The van der Waals surface area contributed by atoms with E-state index in [1.54, 1.807) is 25.1 Å². The third-order valence-electron chi connectivity index (χ3n) is 4.26. The van der Waals surface area contributed by atoms with E-state index in [4.69, 9.17) is 9.47 Å². The molecule has 0 aliphatic carbocycles. The molecular weight excluding hydrogens is 342 g/mol. The zero-order valence-corrected chi connectivity index (χ0v) is 15.5. The van der Waals surface area contributed by atoms with Gasteiger partial charge in [0.05, 0.1) is 7.11 Å². The van der Waals surface area contributed by atoms with E-state index >= 15 is 0 Å². The fourth-order valence-electron chi connectivity index (χ4n) is 2.74. The molecule has 138 valence electrons. The number of benzene rings is 3. The quantitative estimate of drug-likeness (QED) is 0.657. The van der Waals surface area contributed by atoms with Gasteiger partial charge in [0.1, 0.15) is 0 Å². The van der Waals surface area contributed by atoms with Gasteiger partial charge in [-0.25, -0.2) is 0 Å². The van der Waals surface area contributed by atoms with Gasteiger partial charge in [0.15, 0.2) is 23.4 Å². The molecule has 0 spiro atoms. The van der Waals surface area contributed by atoms with Crippen LogP contribution in [0.15, 0.2) is 60.7 Å². The van der Waals surface area contributed by atoms with Gasteiger partial charge >= 0.3 is 0 Å². The van der Waals surface area contributed by atoms with Gasteiger partial charge in [-0.3, -0.25) is 9.59 Å². The maximum Gasteiger partial charge on any atom is 0.265 e. The molecule has 0 aromatic heterocycles. The van der Waals surface area contributed by atoms with Crippen LogP contribution < -0.4 is 14.8 Å². The van der Waals surface area contributed by atoms with E-state index in [0.717, 1.165) is 10.8 Å².